The third-order valence-corrected chi connectivity index (χ3v) is 3.94. The molecule has 0 saturated carbocycles. The van der Waals surface area contributed by atoms with Gasteiger partial charge in [-0.1, -0.05) is 0 Å². The van der Waals surface area contributed by atoms with Gasteiger partial charge < -0.3 is 9.05 Å². The predicted octanol–water partition coefficient (Wildman–Crippen LogP) is 4.48. The van der Waals surface area contributed by atoms with E-state index in [4.69, 9.17) is 9.05 Å². The molecule has 0 aliphatic rings. The van der Waals surface area contributed by atoms with E-state index in [2.05, 4.69) is 0 Å². The van der Waals surface area contributed by atoms with Crippen LogP contribution in [0.1, 0.15) is 19.4 Å². The zero-order valence-electron chi connectivity index (χ0n) is 10.8. The second-order valence-electron chi connectivity index (χ2n) is 3.57. The molecule has 0 aliphatic heterocycles. The van der Waals surface area contributed by atoms with Crippen molar-refractivity contribution in [1.82, 2.24) is 0 Å². The van der Waals surface area contributed by atoms with Gasteiger partial charge in [0.05, 0.1) is 18.8 Å². The Labute approximate surface area is 113 Å². The summed E-state index contributed by atoms with van der Waals surface area (Å²) in [6.45, 7) is 3.15. The minimum Gasteiger partial charge on any atom is -0.306 e. The van der Waals surface area contributed by atoms with Gasteiger partial charge in [-0.15, -0.1) is 0 Å². The molecule has 0 radical (unpaired) electrons. The fourth-order valence-electron chi connectivity index (χ4n) is 1.39. The maximum absolute atomic E-state index is 13.4. The Hall–Kier alpha value is -1.17. The molecule has 1 aromatic rings. The Balaban J connectivity index is 3.20. The van der Waals surface area contributed by atoms with Gasteiger partial charge in [-0.25, -0.2) is 17.6 Å². The molecule has 0 atom stereocenters. The molecule has 3 nitrogen and oxygen atoms in total. The number of rotatable bonds is 6. The Bertz CT molecular complexity index is 524. The van der Waals surface area contributed by atoms with E-state index in [9.17, 15) is 22.1 Å². The van der Waals surface area contributed by atoms with E-state index >= 15 is 0 Å². The lowest BCUT2D eigenvalue weighted by atomic mass is 10.2. The van der Waals surface area contributed by atoms with Gasteiger partial charge in [0.15, 0.2) is 23.3 Å². The van der Waals surface area contributed by atoms with Crippen LogP contribution in [-0.2, 0) is 13.6 Å². The van der Waals surface area contributed by atoms with E-state index < -0.39 is 36.4 Å². The van der Waals surface area contributed by atoms with Gasteiger partial charge in [0.25, 0.3) is 0 Å². The van der Waals surface area contributed by atoms with Crippen molar-refractivity contribution in [2.45, 2.75) is 13.8 Å². The van der Waals surface area contributed by atoms with Gasteiger partial charge >= 0.3 is 7.60 Å². The molecule has 0 N–H and O–H groups in total. The average Bonchev–Trinajstić information content (AvgIpc) is 2.37. The monoisotopic (exact) mass is 312 g/mol. The second kappa shape index (κ2) is 7.02. The Morgan fingerprint density at radius 1 is 1.05 bits per heavy atom. The summed E-state index contributed by atoms with van der Waals surface area (Å²) >= 11 is 0. The fourth-order valence-corrected chi connectivity index (χ4v) is 2.69. The molecule has 112 valence electrons. The first-order valence-electron chi connectivity index (χ1n) is 5.75. The molecule has 0 aliphatic carbocycles. The van der Waals surface area contributed by atoms with Crippen molar-refractivity contribution >= 4 is 13.7 Å². The van der Waals surface area contributed by atoms with Crippen LogP contribution in [0.4, 0.5) is 17.6 Å². The smallest absolute Gasteiger partial charge is 0.306 e. The molecule has 0 spiro atoms. The van der Waals surface area contributed by atoms with E-state index in [0.717, 1.165) is 5.82 Å². The van der Waals surface area contributed by atoms with Crippen LogP contribution < -0.4 is 0 Å². The molecule has 0 amide bonds. The molecule has 0 bridgehead atoms. The molecular weight excluding hydrogens is 299 g/mol. The highest BCUT2D eigenvalue weighted by Crippen LogP contribution is 2.50. The van der Waals surface area contributed by atoms with Crippen LogP contribution in [0.5, 0.6) is 0 Å². The highest BCUT2D eigenvalue weighted by Gasteiger charge is 2.22. The molecule has 1 aromatic carbocycles. The van der Waals surface area contributed by atoms with Crippen LogP contribution in [0, 0.1) is 23.3 Å². The standard InChI is InChI=1S/C12H13F4O3P/c1-3-18-20(17,19-4-2)6-5-8-11(15)9(13)7-10(14)12(8)16/h5-7H,3-4H2,1-2H3/b6-5+. The van der Waals surface area contributed by atoms with Crippen LogP contribution in [0.25, 0.3) is 6.08 Å². The molecule has 0 unspecified atom stereocenters. The average molecular weight is 312 g/mol. The minimum atomic E-state index is -3.71. The zero-order chi connectivity index (χ0) is 15.3. The molecule has 0 aromatic heterocycles. The number of hydrogen-bond donors (Lipinski definition) is 0. The quantitative estimate of drug-likeness (QED) is 0.441. The lowest BCUT2D eigenvalue weighted by Crippen LogP contribution is -1.98. The van der Waals surface area contributed by atoms with E-state index in [1.54, 1.807) is 13.8 Å². The summed E-state index contributed by atoms with van der Waals surface area (Å²) in [5, 5.41) is 0. The van der Waals surface area contributed by atoms with E-state index in [1.807, 2.05) is 0 Å². The Morgan fingerprint density at radius 3 is 1.90 bits per heavy atom. The SMILES string of the molecule is CCOP(=O)(/C=C/c1c(F)c(F)cc(F)c1F)OCC. The Kier molecular flexibility index (Phi) is 5.92. The van der Waals surface area contributed by atoms with Crippen molar-refractivity contribution < 1.29 is 31.2 Å². The van der Waals surface area contributed by atoms with Crippen molar-refractivity contribution in [3.8, 4) is 0 Å². The molecule has 0 saturated heterocycles. The molecular formula is C12H13F4O3P. The summed E-state index contributed by atoms with van der Waals surface area (Å²) in [5.41, 5.74) is -0.984. The lowest BCUT2D eigenvalue weighted by Gasteiger charge is -2.12. The number of halogens is 4. The first-order chi connectivity index (χ1) is 9.34. The fraction of sp³-hybridized carbons (Fsp3) is 0.333. The maximum atomic E-state index is 13.4. The minimum absolute atomic E-state index is 0.0318. The molecule has 0 fully saturated rings. The van der Waals surface area contributed by atoms with Crippen LogP contribution in [0.3, 0.4) is 0 Å². The first kappa shape index (κ1) is 16.9. The van der Waals surface area contributed by atoms with Crippen LogP contribution >= 0.6 is 7.60 Å². The van der Waals surface area contributed by atoms with E-state index in [-0.39, 0.29) is 19.3 Å². The zero-order valence-corrected chi connectivity index (χ0v) is 11.7. The van der Waals surface area contributed by atoms with Crippen molar-refractivity contribution in [2.75, 3.05) is 13.2 Å². The van der Waals surface area contributed by atoms with Gasteiger partial charge in [-0.2, -0.15) is 0 Å². The third-order valence-electron chi connectivity index (χ3n) is 2.19. The lowest BCUT2D eigenvalue weighted by molar-refractivity contribution is 0.229. The highest BCUT2D eigenvalue weighted by atomic mass is 31.2. The summed E-state index contributed by atoms with van der Waals surface area (Å²) in [4.78, 5) is 0. The van der Waals surface area contributed by atoms with Gasteiger partial charge in [-0.3, -0.25) is 4.57 Å². The van der Waals surface area contributed by atoms with Crippen LogP contribution in [0.15, 0.2) is 11.9 Å². The molecule has 0 heterocycles. The van der Waals surface area contributed by atoms with Gasteiger partial charge in [0.1, 0.15) is 0 Å². The summed E-state index contributed by atoms with van der Waals surface area (Å²) in [5.74, 6) is -5.50. The van der Waals surface area contributed by atoms with Crippen LogP contribution in [-0.4, -0.2) is 13.2 Å². The van der Waals surface area contributed by atoms with Crippen molar-refractivity contribution in [3.05, 3.63) is 40.7 Å². The Morgan fingerprint density at radius 2 is 1.50 bits per heavy atom. The molecule has 20 heavy (non-hydrogen) atoms. The van der Waals surface area contributed by atoms with Crippen molar-refractivity contribution in [1.29, 1.82) is 0 Å². The van der Waals surface area contributed by atoms with Gasteiger partial charge in [-0.05, 0) is 19.9 Å². The summed E-state index contributed by atoms with van der Waals surface area (Å²) in [6, 6.07) is 0.0900. The van der Waals surface area contributed by atoms with Gasteiger partial charge in [0, 0.05) is 11.9 Å². The normalized spacial score (nSPS) is 12.3. The largest absolute Gasteiger partial charge is 0.354 e. The summed E-state index contributed by atoms with van der Waals surface area (Å²) in [7, 11) is -3.71. The first-order valence-corrected chi connectivity index (χ1v) is 7.36. The van der Waals surface area contributed by atoms with E-state index in [0.29, 0.717) is 6.08 Å². The van der Waals surface area contributed by atoms with Crippen LogP contribution in [0.2, 0.25) is 0 Å². The second-order valence-corrected chi connectivity index (χ2v) is 5.47. The van der Waals surface area contributed by atoms with Crippen molar-refractivity contribution in [2.24, 2.45) is 0 Å². The highest BCUT2D eigenvalue weighted by molar-refractivity contribution is 7.57. The number of benzene rings is 1. The number of hydrogen-bond acceptors (Lipinski definition) is 3. The topological polar surface area (TPSA) is 35.5 Å². The maximum Gasteiger partial charge on any atom is 0.354 e. The molecule has 8 heteroatoms. The predicted molar refractivity (Wildman–Crippen MR) is 66.2 cm³/mol. The molecule has 1 rings (SSSR count). The summed E-state index contributed by atoms with van der Waals surface area (Å²) < 4.78 is 74.5. The third kappa shape index (κ3) is 3.91. The van der Waals surface area contributed by atoms with E-state index in [1.165, 1.54) is 0 Å². The summed E-state index contributed by atoms with van der Waals surface area (Å²) in [6.07, 6.45) is 0.642. The van der Waals surface area contributed by atoms with Gasteiger partial charge in [0.2, 0.25) is 0 Å². The van der Waals surface area contributed by atoms with Crippen molar-refractivity contribution in [3.63, 3.8) is 0 Å².